The Labute approximate surface area is 148 Å². The maximum absolute atomic E-state index is 12.6. The standard InChI is InChI=1S/C17H18N4O5/c1-3-26-16(24)12-10(8-4-6-9(25-2)7-5-8)11-13(19-15(12)23)20-17(18)21-14(11)22/h4-7,10,12H,3H2,1-2H3,(H4,18,19,20,21,22,23)/t10-,12+/m0/s1. The van der Waals surface area contributed by atoms with Crippen LogP contribution in [0.5, 0.6) is 5.75 Å². The van der Waals surface area contributed by atoms with E-state index in [-0.39, 0.29) is 23.9 Å². The summed E-state index contributed by atoms with van der Waals surface area (Å²) < 4.78 is 10.2. The number of fused-ring (bicyclic) bond motifs is 1. The van der Waals surface area contributed by atoms with E-state index in [2.05, 4.69) is 15.3 Å². The molecule has 9 heteroatoms. The lowest BCUT2D eigenvalue weighted by molar-refractivity contribution is -0.151. The van der Waals surface area contributed by atoms with Gasteiger partial charge in [-0.1, -0.05) is 12.1 Å². The molecule has 0 unspecified atom stereocenters. The average Bonchev–Trinajstić information content (AvgIpc) is 2.60. The van der Waals surface area contributed by atoms with Crippen LogP contribution in [0.3, 0.4) is 0 Å². The van der Waals surface area contributed by atoms with Gasteiger partial charge in [0, 0.05) is 5.92 Å². The van der Waals surface area contributed by atoms with Gasteiger partial charge in [0.25, 0.3) is 5.56 Å². The van der Waals surface area contributed by atoms with Crippen molar-refractivity contribution in [2.45, 2.75) is 12.8 Å². The summed E-state index contributed by atoms with van der Waals surface area (Å²) in [6.07, 6.45) is 0. The Balaban J connectivity index is 2.20. The molecule has 1 aromatic heterocycles. The van der Waals surface area contributed by atoms with E-state index in [4.69, 9.17) is 15.2 Å². The van der Waals surface area contributed by atoms with Gasteiger partial charge >= 0.3 is 5.97 Å². The highest BCUT2D eigenvalue weighted by atomic mass is 16.5. The molecule has 1 amide bonds. The Morgan fingerprint density at radius 2 is 1.96 bits per heavy atom. The SMILES string of the molecule is CCOC(=O)[C@H]1C(=O)Nc2nc(N)[nH]c(=O)c2[C@@H]1c1ccc(OC)cc1. The number of nitrogen functional groups attached to an aromatic ring is 1. The van der Waals surface area contributed by atoms with Crippen LogP contribution in [0.15, 0.2) is 29.1 Å². The van der Waals surface area contributed by atoms with Crippen molar-refractivity contribution in [2.24, 2.45) is 5.92 Å². The largest absolute Gasteiger partial charge is 0.497 e. The third-order valence-electron chi connectivity index (χ3n) is 4.16. The van der Waals surface area contributed by atoms with E-state index in [0.29, 0.717) is 11.3 Å². The summed E-state index contributed by atoms with van der Waals surface area (Å²) in [6, 6.07) is 6.74. The fraction of sp³-hybridized carbons (Fsp3) is 0.294. The van der Waals surface area contributed by atoms with Crippen molar-refractivity contribution in [3.8, 4) is 5.75 Å². The number of amides is 1. The normalized spacial score (nSPS) is 18.6. The van der Waals surface area contributed by atoms with Crippen molar-refractivity contribution in [3.63, 3.8) is 0 Å². The maximum Gasteiger partial charge on any atom is 0.319 e. The molecule has 0 saturated heterocycles. The van der Waals surface area contributed by atoms with Gasteiger partial charge in [-0.3, -0.25) is 19.4 Å². The van der Waals surface area contributed by atoms with E-state index in [1.54, 1.807) is 31.2 Å². The molecule has 0 saturated carbocycles. The van der Waals surface area contributed by atoms with Gasteiger partial charge in [0.15, 0.2) is 0 Å². The monoisotopic (exact) mass is 358 g/mol. The first-order valence-electron chi connectivity index (χ1n) is 7.97. The summed E-state index contributed by atoms with van der Waals surface area (Å²) in [5.41, 5.74) is 5.78. The average molecular weight is 358 g/mol. The van der Waals surface area contributed by atoms with Crippen molar-refractivity contribution in [2.75, 3.05) is 24.8 Å². The predicted molar refractivity (Wildman–Crippen MR) is 92.9 cm³/mol. The summed E-state index contributed by atoms with van der Waals surface area (Å²) in [7, 11) is 1.52. The fourth-order valence-corrected chi connectivity index (χ4v) is 3.04. The number of H-pyrrole nitrogens is 1. The lowest BCUT2D eigenvalue weighted by atomic mass is 9.78. The van der Waals surface area contributed by atoms with Crippen molar-refractivity contribution in [1.29, 1.82) is 0 Å². The molecule has 0 radical (unpaired) electrons. The number of hydrogen-bond acceptors (Lipinski definition) is 7. The second-order valence-corrected chi connectivity index (χ2v) is 5.68. The van der Waals surface area contributed by atoms with Gasteiger partial charge in [0.05, 0.1) is 19.3 Å². The molecule has 0 fully saturated rings. The molecule has 2 heterocycles. The minimum atomic E-state index is -1.22. The Hall–Kier alpha value is -3.36. The summed E-state index contributed by atoms with van der Waals surface area (Å²) >= 11 is 0. The van der Waals surface area contributed by atoms with E-state index in [1.807, 2.05) is 0 Å². The zero-order chi connectivity index (χ0) is 18.8. The number of carbonyl (C=O) groups excluding carboxylic acids is 2. The second kappa shape index (κ2) is 6.87. The van der Waals surface area contributed by atoms with Crippen LogP contribution in [0.1, 0.15) is 24.0 Å². The second-order valence-electron chi connectivity index (χ2n) is 5.68. The topological polar surface area (TPSA) is 136 Å². The smallest absolute Gasteiger partial charge is 0.319 e. The Morgan fingerprint density at radius 1 is 1.27 bits per heavy atom. The van der Waals surface area contributed by atoms with E-state index in [0.717, 1.165) is 0 Å². The van der Waals surface area contributed by atoms with E-state index < -0.39 is 29.3 Å². The minimum absolute atomic E-state index is 0.0395. The summed E-state index contributed by atoms with van der Waals surface area (Å²) in [4.78, 5) is 43.9. The molecule has 3 rings (SSSR count). The number of hydrogen-bond donors (Lipinski definition) is 3. The van der Waals surface area contributed by atoms with Gasteiger partial charge < -0.3 is 20.5 Å². The fourth-order valence-electron chi connectivity index (χ4n) is 3.04. The van der Waals surface area contributed by atoms with E-state index in [1.165, 1.54) is 7.11 Å². The Kier molecular flexibility index (Phi) is 4.61. The van der Waals surface area contributed by atoms with Crippen LogP contribution in [0.4, 0.5) is 11.8 Å². The van der Waals surface area contributed by atoms with Crippen LogP contribution in [-0.4, -0.2) is 35.6 Å². The van der Waals surface area contributed by atoms with E-state index >= 15 is 0 Å². The summed E-state index contributed by atoms with van der Waals surface area (Å²) in [5, 5.41) is 2.48. The number of aromatic nitrogens is 2. The number of esters is 1. The summed E-state index contributed by atoms with van der Waals surface area (Å²) in [5.74, 6) is -2.88. The number of aromatic amines is 1. The maximum atomic E-state index is 12.6. The Bertz CT molecular complexity index is 906. The molecule has 2 aromatic rings. The number of carbonyl (C=O) groups is 2. The van der Waals surface area contributed by atoms with Gasteiger partial charge in [-0.05, 0) is 24.6 Å². The van der Waals surface area contributed by atoms with Crippen LogP contribution in [-0.2, 0) is 14.3 Å². The van der Waals surface area contributed by atoms with Crippen LogP contribution in [0.2, 0.25) is 0 Å². The molecular weight excluding hydrogens is 340 g/mol. The molecule has 4 N–H and O–H groups in total. The number of nitrogens with two attached hydrogens (primary N) is 1. The highest BCUT2D eigenvalue weighted by molar-refractivity contribution is 6.08. The lowest BCUT2D eigenvalue weighted by Crippen LogP contribution is -2.43. The van der Waals surface area contributed by atoms with Crippen molar-refractivity contribution in [1.82, 2.24) is 9.97 Å². The lowest BCUT2D eigenvalue weighted by Gasteiger charge is -2.30. The third-order valence-corrected chi connectivity index (χ3v) is 4.16. The molecule has 1 aromatic carbocycles. The molecule has 9 nitrogen and oxygen atoms in total. The molecule has 0 spiro atoms. The number of ether oxygens (including phenoxy) is 2. The zero-order valence-electron chi connectivity index (χ0n) is 14.2. The molecular formula is C17H18N4O5. The number of benzene rings is 1. The van der Waals surface area contributed by atoms with Gasteiger partial charge in [-0.2, -0.15) is 4.98 Å². The van der Waals surface area contributed by atoms with Crippen LogP contribution in [0, 0.1) is 5.92 Å². The zero-order valence-corrected chi connectivity index (χ0v) is 14.2. The Morgan fingerprint density at radius 3 is 2.58 bits per heavy atom. The molecule has 2 atom stereocenters. The number of methoxy groups -OCH3 is 1. The molecule has 26 heavy (non-hydrogen) atoms. The highest BCUT2D eigenvalue weighted by Crippen LogP contribution is 2.39. The molecule has 136 valence electrons. The quantitative estimate of drug-likeness (QED) is 0.538. The number of nitrogens with zero attached hydrogens (tertiary/aromatic N) is 1. The van der Waals surface area contributed by atoms with Crippen LogP contribution in [0.25, 0.3) is 0 Å². The molecule has 0 aliphatic carbocycles. The summed E-state index contributed by atoms with van der Waals surface area (Å²) in [6.45, 7) is 1.76. The van der Waals surface area contributed by atoms with Gasteiger partial charge in [0.2, 0.25) is 11.9 Å². The van der Waals surface area contributed by atoms with Crippen molar-refractivity contribution >= 4 is 23.6 Å². The van der Waals surface area contributed by atoms with Crippen LogP contribution < -0.4 is 21.3 Å². The molecule has 1 aliphatic heterocycles. The van der Waals surface area contributed by atoms with Gasteiger partial charge in [0.1, 0.15) is 17.5 Å². The van der Waals surface area contributed by atoms with Gasteiger partial charge in [-0.15, -0.1) is 0 Å². The predicted octanol–water partition coefficient (Wildman–Crippen LogP) is 0.624. The van der Waals surface area contributed by atoms with Gasteiger partial charge in [-0.25, -0.2) is 0 Å². The third kappa shape index (κ3) is 2.99. The highest BCUT2D eigenvalue weighted by Gasteiger charge is 2.45. The van der Waals surface area contributed by atoms with E-state index in [9.17, 15) is 14.4 Å². The van der Waals surface area contributed by atoms with Crippen LogP contribution >= 0.6 is 0 Å². The first kappa shape index (κ1) is 17.5. The number of rotatable bonds is 4. The minimum Gasteiger partial charge on any atom is -0.497 e. The van der Waals surface area contributed by atoms with Crippen molar-refractivity contribution in [3.05, 3.63) is 45.7 Å². The first-order valence-corrected chi connectivity index (χ1v) is 7.97. The number of nitrogens with one attached hydrogen (secondary N) is 2. The molecule has 0 bridgehead atoms. The first-order chi connectivity index (χ1) is 12.5. The molecule has 1 aliphatic rings. The van der Waals surface area contributed by atoms with Crippen molar-refractivity contribution < 1.29 is 19.1 Å². The number of anilines is 2.